The Morgan fingerprint density at radius 1 is 1.25 bits per heavy atom. The van der Waals surface area contributed by atoms with Crippen LogP contribution in [0.15, 0.2) is 39.9 Å². The minimum absolute atomic E-state index is 0.0481. The Kier molecular flexibility index (Phi) is 3.26. The molecular formula is C16H16N2OS. The Hall–Kier alpha value is -1.81. The number of fused-ring (bicyclic) bond motifs is 1. The number of allylic oxidation sites excluding steroid dienone is 1. The number of aliphatic imine (C=N–C) groups is 1. The smallest absolute Gasteiger partial charge is 0.262 e. The summed E-state index contributed by atoms with van der Waals surface area (Å²) >= 11 is 1.52. The van der Waals surface area contributed by atoms with Crippen LogP contribution in [0.25, 0.3) is 6.08 Å². The van der Waals surface area contributed by atoms with Crippen LogP contribution in [-0.4, -0.2) is 22.5 Å². The molecule has 0 spiro atoms. The van der Waals surface area contributed by atoms with E-state index >= 15 is 0 Å². The molecule has 0 unspecified atom stereocenters. The Labute approximate surface area is 123 Å². The fourth-order valence-corrected chi connectivity index (χ4v) is 3.13. The number of amides is 1. The lowest BCUT2D eigenvalue weighted by molar-refractivity contribution is -0.122. The first kappa shape index (κ1) is 13.2. The minimum atomic E-state index is 0.0481. The highest BCUT2D eigenvalue weighted by Gasteiger charge is 2.31. The maximum atomic E-state index is 12.5. The van der Waals surface area contributed by atoms with Crippen LogP contribution < -0.4 is 0 Å². The van der Waals surface area contributed by atoms with Gasteiger partial charge >= 0.3 is 0 Å². The van der Waals surface area contributed by atoms with Crippen LogP contribution in [0.2, 0.25) is 0 Å². The van der Waals surface area contributed by atoms with Crippen molar-refractivity contribution in [2.75, 3.05) is 6.54 Å². The van der Waals surface area contributed by atoms with Crippen LogP contribution in [0.4, 0.5) is 0 Å². The number of hydrogen-bond acceptors (Lipinski definition) is 3. The highest BCUT2D eigenvalue weighted by atomic mass is 32.2. The zero-order chi connectivity index (χ0) is 14.3. The second-order valence-corrected chi connectivity index (χ2v) is 5.97. The van der Waals surface area contributed by atoms with Crippen LogP contribution in [0.1, 0.15) is 23.6 Å². The molecule has 0 radical (unpaired) electrons. The molecule has 0 fully saturated rings. The summed E-state index contributed by atoms with van der Waals surface area (Å²) in [5, 5.41) is 2.76. The van der Waals surface area contributed by atoms with Gasteiger partial charge < -0.3 is 0 Å². The molecule has 2 aliphatic heterocycles. The lowest BCUT2D eigenvalue weighted by Crippen LogP contribution is -2.36. The number of hydrogen-bond donors (Lipinski definition) is 0. The number of carbonyl (C=O) groups excluding carboxylic acids is 1. The number of benzene rings is 1. The first-order valence-corrected chi connectivity index (χ1v) is 7.44. The van der Waals surface area contributed by atoms with Crippen LogP contribution in [-0.2, 0) is 4.79 Å². The lowest BCUT2D eigenvalue weighted by Gasteiger charge is -2.23. The Balaban J connectivity index is 1.95. The SMILES string of the molecule is CC1=CSC2=NC/C(=C/c3ccc(C)c(C)c3)C(=O)N12. The Morgan fingerprint density at radius 2 is 2.05 bits per heavy atom. The zero-order valence-electron chi connectivity index (χ0n) is 11.8. The summed E-state index contributed by atoms with van der Waals surface area (Å²) in [6.07, 6.45) is 1.95. The van der Waals surface area contributed by atoms with E-state index in [0.29, 0.717) is 6.54 Å². The topological polar surface area (TPSA) is 32.7 Å². The predicted molar refractivity (Wildman–Crippen MR) is 84.4 cm³/mol. The summed E-state index contributed by atoms with van der Waals surface area (Å²) in [6, 6.07) is 6.24. The molecule has 0 saturated heterocycles. The molecule has 0 saturated carbocycles. The third kappa shape index (κ3) is 2.20. The first-order valence-electron chi connectivity index (χ1n) is 6.56. The van der Waals surface area contributed by atoms with E-state index in [1.807, 2.05) is 24.5 Å². The summed E-state index contributed by atoms with van der Waals surface area (Å²) in [4.78, 5) is 18.7. The van der Waals surface area contributed by atoms with Gasteiger partial charge in [-0.3, -0.25) is 14.7 Å². The molecule has 0 N–H and O–H groups in total. The van der Waals surface area contributed by atoms with Gasteiger partial charge in [-0.2, -0.15) is 0 Å². The van der Waals surface area contributed by atoms with Crippen molar-refractivity contribution in [3.05, 3.63) is 51.6 Å². The third-order valence-corrected chi connectivity index (χ3v) is 4.59. The summed E-state index contributed by atoms with van der Waals surface area (Å²) in [6.45, 7) is 6.57. The number of aryl methyl sites for hydroxylation is 2. The molecule has 0 aliphatic carbocycles. The van der Waals surface area contributed by atoms with E-state index in [9.17, 15) is 4.79 Å². The predicted octanol–water partition coefficient (Wildman–Crippen LogP) is 3.49. The van der Waals surface area contributed by atoms with Crippen molar-refractivity contribution in [3.63, 3.8) is 0 Å². The van der Waals surface area contributed by atoms with Gasteiger partial charge in [-0.1, -0.05) is 30.0 Å². The maximum absolute atomic E-state index is 12.5. The van der Waals surface area contributed by atoms with Crippen LogP contribution in [0, 0.1) is 13.8 Å². The molecule has 1 aromatic carbocycles. The molecule has 4 heteroatoms. The van der Waals surface area contributed by atoms with Crippen molar-refractivity contribution in [2.45, 2.75) is 20.8 Å². The van der Waals surface area contributed by atoms with Gasteiger partial charge in [0.2, 0.25) is 0 Å². The molecule has 2 heterocycles. The molecule has 3 rings (SSSR count). The molecule has 1 amide bonds. The minimum Gasteiger partial charge on any atom is -0.269 e. The Bertz CT molecular complexity index is 686. The number of rotatable bonds is 1. The molecule has 3 nitrogen and oxygen atoms in total. The summed E-state index contributed by atoms with van der Waals surface area (Å²) in [5.41, 5.74) is 5.25. The lowest BCUT2D eigenvalue weighted by atomic mass is 10.0. The number of carbonyl (C=O) groups is 1. The second-order valence-electron chi connectivity index (χ2n) is 5.13. The molecule has 0 aromatic heterocycles. The van der Waals surface area contributed by atoms with Gasteiger partial charge in [-0.05, 0) is 48.9 Å². The van der Waals surface area contributed by atoms with Crippen molar-refractivity contribution in [1.29, 1.82) is 0 Å². The normalized spacial score (nSPS) is 20.1. The average molecular weight is 284 g/mol. The zero-order valence-corrected chi connectivity index (χ0v) is 12.6. The van der Waals surface area contributed by atoms with Crippen LogP contribution in [0.5, 0.6) is 0 Å². The maximum Gasteiger partial charge on any atom is 0.262 e. The molecule has 20 heavy (non-hydrogen) atoms. The Morgan fingerprint density at radius 3 is 2.80 bits per heavy atom. The number of nitrogens with zero attached hydrogens (tertiary/aromatic N) is 2. The van der Waals surface area contributed by atoms with Gasteiger partial charge in [0, 0.05) is 11.3 Å². The molecule has 0 atom stereocenters. The highest BCUT2D eigenvalue weighted by Crippen LogP contribution is 2.31. The van der Waals surface area contributed by atoms with Gasteiger partial charge in [-0.25, -0.2) is 0 Å². The summed E-state index contributed by atoms with van der Waals surface area (Å²) in [7, 11) is 0. The first-order chi connectivity index (χ1) is 9.56. The molecule has 2 aliphatic rings. The number of amidine groups is 1. The van der Waals surface area contributed by atoms with Gasteiger partial charge in [0.15, 0.2) is 5.17 Å². The van der Waals surface area contributed by atoms with Crippen molar-refractivity contribution in [2.24, 2.45) is 4.99 Å². The largest absolute Gasteiger partial charge is 0.269 e. The number of thioether (sulfide) groups is 1. The van der Waals surface area contributed by atoms with Crippen molar-refractivity contribution >= 4 is 28.9 Å². The van der Waals surface area contributed by atoms with Crippen molar-refractivity contribution in [1.82, 2.24) is 4.90 Å². The van der Waals surface area contributed by atoms with E-state index < -0.39 is 0 Å². The summed E-state index contributed by atoms with van der Waals surface area (Å²) in [5.74, 6) is 0.0481. The molecule has 0 bridgehead atoms. The fourth-order valence-electron chi connectivity index (χ4n) is 2.28. The van der Waals surface area contributed by atoms with E-state index in [2.05, 4.69) is 31.0 Å². The van der Waals surface area contributed by atoms with Gasteiger partial charge in [0.05, 0.1) is 6.54 Å². The molecule has 1 aromatic rings. The fraction of sp³-hybridized carbons (Fsp3) is 0.250. The quantitative estimate of drug-likeness (QED) is 0.739. The van der Waals surface area contributed by atoms with E-state index in [1.165, 1.54) is 22.9 Å². The van der Waals surface area contributed by atoms with Crippen LogP contribution >= 0.6 is 11.8 Å². The van der Waals surface area contributed by atoms with E-state index in [0.717, 1.165) is 22.0 Å². The van der Waals surface area contributed by atoms with Crippen LogP contribution in [0.3, 0.4) is 0 Å². The van der Waals surface area contributed by atoms with Gasteiger partial charge in [0.25, 0.3) is 5.91 Å². The van der Waals surface area contributed by atoms with Crippen molar-refractivity contribution in [3.8, 4) is 0 Å². The molecule has 102 valence electrons. The van der Waals surface area contributed by atoms with E-state index in [-0.39, 0.29) is 5.91 Å². The summed E-state index contributed by atoms with van der Waals surface area (Å²) < 4.78 is 0. The van der Waals surface area contributed by atoms with Crippen molar-refractivity contribution < 1.29 is 4.79 Å². The second kappa shape index (κ2) is 4.94. The highest BCUT2D eigenvalue weighted by molar-refractivity contribution is 8.16. The third-order valence-electron chi connectivity index (χ3n) is 3.61. The molecular weight excluding hydrogens is 268 g/mol. The van der Waals surface area contributed by atoms with Gasteiger partial charge in [-0.15, -0.1) is 0 Å². The van der Waals surface area contributed by atoms with Gasteiger partial charge in [0.1, 0.15) is 0 Å². The average Bonchev–Trinajstić information content (AvgIpc) is 2.79. The monoisotopic (exact) mass is 284 g/mol. The standard InChI is InChI=1S/C16H16N2OS/c1-10-4-5-13(6-11(10)2)7-14-8-17-16-18(15(14)19)12(3)9-20-16/h4-7,9H,8H2,1-3H3/b14-7-. The van der Waals surface area contributed by atoms with E-state index in [4.69, 9.17) is 0 Å². The van der Waals surface area contributed by atoms with E-state index in [1.54, 1.807) is 4.90 Å².